The van der Waals surface area contributed by atoms with Crippen LogP contribution in [-0.4, -0.2) is 54.0 Å². The monoisotopic (exact) mass is 589 g/mol. The van der Waals surface area contributed by atoms with E-state index in [1.54, 1.807) is 12.1 Å². The number of fused-ring (bicyclic) bond motifs is 1. The number of hydrogen-bond donors (Lipinski definition) is 6. The second-order valence-corrected chi connectivity index (χ2v) is 10.6. The van der Waals surface area contributed by atoms with Gasteiger partial charge in [0, 0.05) is 13.5 Å². The Morgan fingerprint density at radius 1 is 0.860 bits per heavy atom. The molecule has 228 valence electrons. The van der Waals surface area contributed by atoms with Crippen LogP contribution in [0.5, 0.6) is 0 Å². The first-order chi connectivity index (χ1) is 20.5. The number of aliphatic carboxylic acids is 1. The van der Waals surface area contributed by atoms with Crippen LogP contribution in [0.15, 0.2) is 60.7 Å². The lowest BCUT2D eigenvalue weighted by atomic mass is 9.90. The summed E-state index contributed by atoms with van der Waals surface area (Å²) < 4.78 is 0. The molecular weight excluding hydrogens is 550 g/mol. The minimum Gasteiger partial charge on any atom is -0.481 e. The lowest BCUT2D eigenvalue weighted by Gasteiger charge is -2.20. The number of nitrogens with two attached hydrogens (primary N) is 1. The van der Waals surface area contributed by atoms with Crippen molar-refractivity contribution in [2.45, 2.75) is 58.0 Å². The molecule has 11 nitrogen and oxygen atoms in total. The van der Waals surface area contributed by atoms with E-state index in [9.17, 15) is 29.1 Å². The Kier molecular flexibility index (Phi) is 11.6. The molecule has 0 saturated carbocycles. The summed E-state index contributed by atoms with van der Waals surface area (Å²) in [5, 5.41) is 21.9. The fraction of sp³-hybridized carbons (Fsp3) is 0.344. The number of benzene rings is 3. The molecule has 3 rings (SSSR count). The van der Waals surface area contributed by atoms with Gasteiger partial charge < -0.3 is 32.1 Å². The second kappa shape index (κ2) is 15.3. The van der Waals surface area contributed by atoms with Crippen molar-refractivity contribution in [3.8, 4) is 11.1 Å². The number of carboxylic acids is 1. The van der Waals surface area contributed by atoms with E-state index < -0.39 is 48.4 Å². The Balaban J connectivity index is 1.70. The van der Waals surface area contributed by atoms with E-state index in [-0.39, 0.29) is 19.4 Å². The molecule has 1 unspecified atom stereocenters. The van der Waals surface area contributed by atoms with E-state index in [2.05, 4.69) is 59.4 Å². The number of carboxylic acid groups (broad SMARTS) is 1. The van der Waals surface area contributed by atoms with Crippen molar-refractivity contribution < 1.29 is 29.1 Å². The fourth-order valence-corrected chi connectivity index (χ4v) is 4.97. The average Bonchev–Trinajstić information content (AvgIpc) is 2.96. The lowest BCUT2D eigenvalue weighted by Crippen LogP contribution is -2.49. The quantitative estimate of drug-likeness (QED) is 0.157. The molecule has 3 aromatic rings. The molecule has 5 amide bonds. The van der Waals surface area contributed by atoms with E-state index in [0.29, 0.717) is 17.9 Å². The molecule has 0 fully saturated rings. The van der Waals surface area contributed by atoms with Crippen molar-refractivity contribution in [1.29, 1.82) is 0 Å². The van der Waals surface area contributed by atoms with Crippen molar-refractivity contribution in [3.05, 3.63) is 71.8 Å². The summed E-state index contributed by atoms with van der Waals surface area (Å²) in [6.07, 6.45) is 0.213. The molecule has 0 spiro atoms. The number of primary amides is 1. The third-order valence-electron chi connectivity index (χ3n) is 7.00. The van der Waals surface area contributed by atoms with E-state index >= 15 is 0 Å². The summed E-state index contributed by atoms with van der Waals surface area (Å²) in [4.78, 5) is 59.4. The summed E-state index contributed by atoms with van der Waals surface area (Å²) in [6, 6.07) is 17.4. The highest BCUT2D eigenvalue weighted by molar-refractivity contribution is 5.99. The number of carbonyl (C=O) groups excluding carboxylic acids is 4. The van der Waals surface area contributed by atoms with Crippen LogP contribution in [-0.2, 0) is 19.2 Å². The lowest BCUT2D eigenvalue weighted by molar-refractivity contribution is -0.138. The molecule has 0 aromatic heterocycles. The molecule has 0 aliphatic rings. The average molecular weight is 590 g/mol. The van der Waals surface area contributed by atoms with E-state index in [0.717, 1.165) is 16.5 Å². The van der Waals surface area contributed by atoms with Crippen LogP contribution in [0.4, 0.5) is 4.79 Å². The van der Waals surface area contributed by atoms with E-state index in [1.807, 2.05) is 24.3 Å². The molecule has 0 radical (unpaired) electrons. The number of hydrogen-bond acceptors (Lipinski definition) is 5. The molecule has 11 heteroatoms. The molecule has 0 aliphatic carbocycles. The largest absolute Gasteiger partial charge is 0.481 e. The van der Waals surface area contributed by atoms with Gasteiger partial charge in [-0.3, -0.25) is 19.2 Å². The van der Waals surface area contributed by atoms with Gasteiger partial charge in [0.1, 0.15) is 6.04 Å². The fourth-order valence-electron chi connectivity index (χ4n) is 4.97. The van der Waals surface area contributed by atoms with Crippen LogP contribution >= 0.6 is 0 Å². The van der Waals surface area contributed by atoms with Crippen LogP contribution in [0, 0.1) is 0 Å². The summed E-state index contributed by atoms with van der Waals surface area (Å²) in [5.41, 5.74) is 8.90. The van der Waals surface area contributed by atoms with Gasteiger partial charge in [-0.2, -0.15) is 0 Å². The van der Waals surface area contributed by atoms with Crippen molar-refractivity contribution in [2.24, 2.45) is 5.73 Å². The summed E-state index contributed by atoms with van der Waals surface area (Å²) in [7, 11) is 0. The van der Waals surface area contributed by atoms with Crippen molar-refractivity contribution in [1.82, 2.24) is 21.3 Å². The van der Waals surface area contributed by atoms with Crippen molar-refractivity contribution in [3.63, 3.8) is 0 Å². The number of carbonyl (C=O) groups is 5. The molecule has 0 saturated heterocycles. The Labute approximate surface area is 250 Å². The number of rotatable bonds is 14. The first-order valence-electron chi connectivity index (χ1n) is 14.2. The standard InChI is InChI=1S/C32H39N5O6/c1-19(2)23-14-15-24(26-8-5-4-7-25(23)26)21-10-12-22(13-11-21)28(17-30(40)41)37-29(39)18-35-31(42)27(36-20(3)38)9-6-16-34-32(33)43/h4-5,7-8,10-15,19,27-28H,6,9,16-18H2,1-3H3,(H,35,42)(H,36,38)(H,37,39)(H,40,41)(H3,33,34,43)/t27-,28?/m0/s1. The topological polar surface area (TPSA) is 180 Å². The number of urea groups is 1. The van der Waals surface area contributed by atoms with Gasteiger partial charge >= 0.3 is 12.0 Å². The zero-order valence-electron chi connectivity index (χ0n) is 24.6. The first-order valence-corrected chi connectivity index (χ1v) is 14.2. The minimum absolute atomic E-state index is 0.205. The minimum atomic E-state index is -1.09. The zero-order valence-corrected chi connectivity index (χ0v) is 24.6. The van der Waals surface area contributed by atoms with Gasteiger partial charge in [0.05, 0.1) is 19.0 Å². The van der Waals surface area contributed by atoms with E-state index in [1.165, 1.54) is 17.9 Å². The summed E-state index contributed by atoms with van der Waals surface area (Å²) in [5.74, 6) is -2.33. The van der Waals surface area contributed by atoms with Gasteiger partial charge in [-0.1, -0.05) is 74.5 Å². The SMILES string of the molecule is CC(=O)N[C@@H](CCCNC(N)=O)C(=O)NCC(=O)NC(CC(=O)O)c1ccc(-c2ccc(C(C)C)c3ccccc23)cc1. The van der Waals surface area contributed by atoms with Crippen LogP contribution in [0.3, 0.4) is 0 Å². The summed E-state index contributed by atoms with van der Waals surface area (Å²) in [6.45, 7) is 5.38. The maximum absolute atomic E-state index is 12.7. The predicted molar refractivity (Wildman–Crippen MR) is 164 cm³/mol. The molecule has 2 atom stereocenters. The highest BCUT2D eigenvalue weighted by Crippen LogP contribution is 2.34. The van der Waals surface area contributed by atoms with Crippen molar-refractivity contribution >= 4 is 40.5 Å². The summed E-state index contributed by atoms with van der Waals surface area (Å²) >= 11 is 0. The van der Waals surface area contributed by atoms with E-state index in [4.69, 9.17) is 5.73 Å². The predicted octanol–water partition coefficient (Wildman–Crippen LogP) is 3.33. The van der Waals surface area contributed by atoms with Gasteiger partial charge in [-0.05, 0) is 51.8 Å². The van der Waals surface area contributed by atoms with Gasteiger partial charge in [-0.15, -0.1) is 0 Å². The number of nitrogens with one attached hydrogen (secondary N) is 4. The second-order valence-electron chi connectivity index (χ2n) is 10.6. The molecule has 7 N–H and O–H groups in total. The zero-order chi connectivity index (χ0) is 31.5. The van der Waals surface area contributed by atoms with Crippen LogP contribution in [0.2, 0.25) is 0 Å². The molecular formula is C32H39N5O6. The molecule has 0 aliphatic heterocycles. The molecule has 43 heavy (non-hydrogen) atoms. The van der Waals surface area contributed by atoms with Crippen LogP contribution in [0.1, 0.15) is 63.1 Å². The third kappa shape index (κ3) is 9.56. The molecule has 0 heterocycles. The Bertz CT molecular complexity index is 1470. The Morgan fingerprint density at radius 3 is 2.14 bits per heavy atom. The molecule has 0 bridgehead atoms. The normalized spacial score (nSPS) is 12.3. The Morgan fingerprint density at radius 2 is 1.53 bits per heavy atom. The van der Waals surface area contributed by atoms with Crippen molar-refractivity contribution in [2.75, 3.05) is 13.1 Å². The van der Waals surface area contributed by atoms with Crippen LogP contribution in [0.25, 0.3) is 21.9 Å². The first kappa shape index (κ1) is 32.6. The smallest absolute Gasteiger partial charge is 0.312 e. The maximum atomic E-state index is 12.7. The maximum Gasteiger partial charge on any atom is 0.312 e. The van der Waals surface area contributed by atoms with Crippen LogP contribution < -0.4 is 27.0 Å². The van der Waals surface area contributed by atoms with Gasteiger partial charge in [0.2, 0.25) is 17.7 Å². The highest BCUT2D eigenvalue weighted by atomic mass is 16.4. The highest BCUT2D eigenvalue weighted by Gasteiger charge is 2.22. The van der Waals surface area contributed by atoms with Gasteiger partial charge in [-0.25, -0.2) is 4.79 Å². The van der Waals surface area contributed by atoms with Gasteiger partial charge in [0.25, 0.3) is 0 Å². The Hall–Kier alpha value is -4.93. The number of amides is 5. The third-order valence-corrected chi connectivity index (χ3v) is 7.00. The van der Waals surface area contributed by atoms with Gasteiger partial charge in [0.15, 0.2) is 0 Å². The molecule has 3 aromatic carbocycles.